The van der Waals surface area contributed by atoms with Gasteiger partial charge in [-0.3, -0.25) is 0 Å². The lowest BCUT2D eigenvalue weighted by atomic mass is 9.96. The molecule has 0 radical (unpaired) electrons. The Hall–Kier alpha value is -0.610. The SMILES string of the molecule is CCOCCOC1CCC(=NO)CC1. The number of hydrogen-bond donors (Lipinski definition) is 1. The molecule has 1 N–H and O–H groups in total. The molecule has 4 nitrogen and oxygen atoms in total. The van der Waals surface area contributed by atoms with Crippen LogP contribution in [0.25, 0.3) is 0 Å². The van der Waals surface area contributed by atoms with Gasteiger partial charge in [-0.25, -0.2) is 0 Å². The molecule has 0 atom stereocenters. The minimum atomic E-state index is 0.320. The predicted molar refractivity (Wildman–Crippen MR) is 53.9 cm³/mol. The smallest absolute Gasteiger partial charge is 0.0704 e. The third-order valence-corrected chi connectivity index (χ3v) is 2.44. The molecule has 0 spiro atoms. The monoisotopic (exact) mass is 201 g/mol. The number of nitrogens with zero attached hydrogens (tertiary/aromatic N) is 1. The van der Waals surface area contributed by atoms with Crippen LogP contribution in [0.15, 0.2) is 5.16 Å². The maximum atomic E-state index is 8.55. The molecule has 14 heavy (non-hydrogen) atoms. The summed E-state index contributed by atoms with van der Waals surface area (Å²) in [5.41, 5.74) is 0.898. The van der Waals surface area contributed by atoms with Crippen molar-refractivity contribution in [1.82, 2.24) is 0 Å². The molecule has 1 saturated carbocycles. The van der Waals surface area contributed by atoms with Crippen LogP contribution in [-0.2, 0) is 9.47 Å². The molecule has 0 heterocycles. The maximum absolute atomic E-state index is 8.55. The Morgan fingerprint density at radius 1 is 1.36 bits per heavy atom. The lowest BCUT2D eigenvalue weighted by molar-refractivity contribution is -0.000661. The van der Waals surface area contributed by atoms with Crippen LogP contribution in [0.4, 0.5) is 0 Å². The maximum Gasteiger partial charge on any atom is 0.0704 e. The number of hydrogen-bond acceptors (Lipinski definition) is 4. The second kappa shape index (κ2) is 6.79. The van der Waals surface area contributed by atoms with Gasteiger partial charge in [-0.15, -0.1) is 0 Å². The zero-order chi connectivity index (χ0) is 10.2. The highest BCUT2D eigenvalue weighted by Gasteiger charge is 2.17. The van der Waals surface area contributed by atoms with Gasteiger partial charge in [-0.1, -0.05) is 5.16 Å². The second-order valence-corrected chi connectivity index (χ2v) is 3.43. The van der Waals surface area contributed by atoms with Crippen LogP contribution < -0.4 is 0 Å². The first-order valence-corrected chi connectivity index (χ1v) is 5.26. The summed E-state index contributed by atoms with van der Waals surface area (Å²) in [6.07, 6.45) is 3.96. The van der Waals surface area contributed by atoms with Gasteiger partial charge in [-0.05, 0) is 32.6 Å². The van der Waals surface area contributed by atoms with Crippen molar-refractivity contribution in [3.8, 4) is 0 Å². The highest BCUT2D eigenvalue weighted by Crippen LogP contribution is 2.18. The molecule has 0 aromatic rings. The van der Waals surface area contributed by atoms with E-state index in [0.29, 0.717) is 19.3 Å². The Kier molecular flexibility index (Phi) is 5.56. The van der Waals surface area contributed by atoms with Gasteiger partial charge >= 0.3 is 0 Å². The number of ether oxygens (including phenoxy) is 2. The minimum absolute atomic E-state index is 0.320. The normalized spacial score (nSPS) is 22.4. The van der Waals surface area contributed by atoms with E-state index < -0.39 is 0 Å². The van der Waals surface area contributed by atoms with E-state index in [1.54, 1.807) is 0 Å². The van der Waals surface area contributed by atoms with Gasteiger partial charge in [-0.2, -0.15) is 0 Å². The summed E-state index contributed by atoms with van der Waals surface area (Å²) >= 11 is 0. The highest BCUT2D eigenvalue weighted by atomic mass is 16.5. The van der Waals surface area contributed by atoms with E-state index in [0.717, 1.165) is 38.0 Å². The van der Waals surface area contributed by atoms with E-state index >= 15 is 0 Å². The fourth-order valence-corrected chi connectivity index (χ4v) is 1.61. The Morgan fingerprint density at radius 2 is 2.07 bits per heavy atom. The molecule has 0 amide bonds. The first-order chi connectivity index (χ1) is 6.86. The van der Waals surface area contributed by atoms with Gasteiger partial charge in [0.15, 0.2) is 0 Å². The average Bonchev–Trinajstić information content (AvgIpc) is 2.25. The molecular formula is C10H19NO3. The van der Waals surface area contributed by atoms with Gasteiger partial charge in [0.25, 0.3) is 0 Å². The molecule has 0 aliphatic heterocycles. The molecule has 1 fully saturated rings. The van der Waals surface area contributed by atoms with Crippen molar-refractivity contribution in [2.45, 2.75) is 38.7 Å². The number of rotatable bonds is 5. The van der Waals surface area contributed by atoms with Crippen molar-refractivity contribution in [3.63, 3.8) is 0 Å². The fraction of sp³-hybridized carbons (Fsp3) is 0.900. The van der Waals surface area contributed by atoms with E-state index in [1.807, 2.05) is 6.92 Å². The molecule has 0 bridgehead atoms. The predicted octanol–water partition coefficient (Wildman–Crippen LogP) is 1.81. The highest BCUT2D eigenvalue weighted by molar-refractivity contribution is 5.84. The molecule has 0 aromatic heterocycles. The summed E-state index contributed by atoms with van der Waals surface area (Å²) in [5, 5.41) is 11.8. The lowest BCUT2D eigenvalue weighted by Gasteiger charge is -2.22. The Labute approximate surface area is 84.9 Å². The van der Waals surface area contributed by atoms with Crippen LogP contribution in [0.3, 0.4) is 0 Å². The molecule has 1 rings (SSSR count). The van der Waals surface area contributed by atoms with Crippen LogP contribution in [0.2, 0.25) is 0 Å². The van der Waals surface area contributed by atoms with E-state index in [9.17, 15) is 0 Å². The van der Waals surface area contributed by atoms with Crippen molar-refractivity contribution in [2.24, 2.45) is 5.16 Å². The topological polar surface area (TPSA) is 51.0 Å². The molecule has 0 unspecified atom stereocenters. The van der Waals surface area contributed by atoms with Crippen molar-refractivity contribution in [2.75, 3.05) is 19.8 Å². The summed E-state index contributed by atoms with van der Waals surface area (Å²) in [5.74, 6) is 0. The first kappa shape index (κ1) is 11.5. The molecule has 0 aromatic carbocycles. The average molecular weight is 201 g/mol. The van der Waals surface area contributed by atoms with Gasteiger partial charge in [0.1, 0.15) is 0 Å². The van der Waals surface area contributed by atoms with Gasteiger partial charge < -0.3 is 14.7 Å². The number of oxime groups is 1. The standard InChI is InChI=1S/C10H19NO3/c1-2-13-7-8-14-10-5-3-9(11-12)4-6-10/h10,12H,2-8H2,1H3. The molecule has 1 aliphatic rings. The van der Waals surface area contributed by atoms with Crippen LogP contribution in [-0.4, -0.2) is 36.8 Å². The quantitative estimate of drug-likeness (QED) is 0.419. The third-order valence-electron chi connectivity index (χ3n) is 2.44. The van der Waals surface area contributed by atoms with Crippen molar-refractivity contribution in [3.05, 3.63) is 0 Å². The Balaban J connectivity index is 2.04. The summed E-state index contributed by atoms with van der Waals surface area (Å²) in [4.78, 5) is 0. The second-order valence-electron chi connectivity index (χ2n) is 3.43. The zero-order valence-corrected chi connectivity index (χ0v) is 8.74. The van der Waals surface area contributed by atoms with Crippen molar-refractivity contribution in [1.29, 1.82) is 0 Å². The van der Waals surface area contributed by atoms with E-state index in [2.05, 4.69) is 5.16 Å². The summed E-state index contributed by atoms with van der Waals surface area (Å²) in [6.45, 7) is 4.07. The third kappa shape index (κ3) is 4.07. The van der Waals surface area contributed by atoms with Crippen molar-refractivity contribution >= 4 is 5.71 Å². The zero-order valence-electron chi connectivity index (χ0n) is 8.74. The van der Waals surface area contributed by atoms with E-state index in [1.165, 1.54) is 0 Å². The molecule has 0 saturated heterocycles. The molecule has 1 aliphatic carbocycles. The van der Waals surface area contributed by atoms with Gasteiger partial charge in [0, 0.05) is 6.61 Å². The Morgan fingerprint density at radius 3 is 2.64 bits per heavy atom. The minimum Gasteiger partial charge on any atom is -0.411 e. The van der Waals surface area contributed by atoms with E-state index in [4.69, 9.17) is 14.7 Å². The summed E-state index contributed by atoms with van der Waals surface area (Å²) in [7, 11) is 0. The summed E-state index contributed by atoms with van der Waals surface area (Å²) in [6, 6.07) is 0. The molecule has 4 heteroatoms. The first-order valence-electron chi connectivity index (χ1n) is 5.26. The molecular weight excluding hydrogens is 182 g/mol. The van der Waals surface area contributed by atoms with Crippen LogP contribution >= 0.6 is 0 Å². The molecule has 82 valence electrons. The van der Waals surface area contributed by atoms with E-state index in [-0.39, 0.29) is 0 Å². The van der Waals surface area contributed by atoms with Crippen LogP contribution in [0, 0.1) is 0 Å². The largest absolute Gasteiger partial charge is 0.411 e. The van der Waals surface area contributed by atoms with Gasteiger partial charge in [0.2, 0.25) is 0 Å². The van der Waals surface area contributed by atoms with Crippen molar-refractivity contribution < 1.29 is 14.7 Å². The van der Waals surface area contributed by atoms with Crippen LogP contribution in [0.1, 0.15) is 32.6 Å². The fourth-order valence-electron chi connectivity index (χ4n) is 1.61. The van der Waals surface area contributed by atoms with Crippen LogP contribution in [0.5, 0.6) is 0 Å². The Bertz CT molecular complexity index is 172. The lowest BCUT2D eigenvalue weighted by Crippen LogP contribution is -2.23. The van der Waals surface area contributed by atoms with Gasteiger partial charge in [0.05, 0.1) is 25.0 Å². The summed E-state index contributed by atoms with van der Waals surface area (Å²) < 4.78 is 10.8.